The van der Waals surface area contributed by atoms with Crippen LogP contribution in [0.2, 0.25) is 0 Å². The van der Waals surface area contributed by atoms with Gasteiger partial charge in [-0.25, -0.2) is 0 Å². The summed E-state index contributed by atoms with van der Waals surface area (Å²) in [6.07, 6.45) is 2.55. The van der Waals surface area contributed by atoms with E-state index >= 15 is 0 Å². The number of hydrogen-bond acceptors (Lipinski definition) is 4. The molecule has 0 aliphatic carbocycles. The van der Waals surface area contributed by atoms with Crippen molar-refractivity contribution in [2.45, 2.75) is 32.4 Å². The molecule has 1 aromatic rings. The molecule has 4 nitrogen and oxygen atoms in total. The highest BCUT2D eigenvalue weighted by atomic mass is 16.5. The van der Waals surface area contributed by atoms with Crippen LogP contribution in [-0.4, -0.2) is 45.3 Å². The van der Waals surface area contributed by atoms with Crippen LogP contribution in [0, 0.1) is 5.92 Å². The first kappa shape index (κ1) is 16.1. The molecule has 1 heterocycles. The van der Waals surface area contributed by atoms with Crippen molar-refractivity contribution in [3.8, 4) is 11.5 Å². The number of methoxy groups -OCH3 is 2. The number of nitrogens with one attached hydrogen (secondary N) is 1. The van der Waals surface area contributed by atoms with Crippen LogP contribution in [0.3, 0.4) is 0 Å². The number of hydrogen-bond donors (Lipinski definition) is 1. The molecule has 0 aromatic heterocycles. The van der Waals surface area contributed by atoms with Crippen molar-refractivity contribution in [2.24, 2.45) is 5.92 Å². The second kappa shape index (κ2) is 7.66. The molecule has 1 aromatic carbocycles. The fourth-order valence-corrected chi connectivity index (χ4v) is 3.08. The molecule has 1 atom stereocenters. The fraction of sp³-hybridized carbons (Fsp3) is 0.647. The molecule has 4 heteroatoms. The highest BCUT2D eigenvalue weighted by Gasteiger charge is 2.23. The molecule has 1 saturated heterocycles. The lowest BCUT2D eigenvalue weighted by atomic mass is 9.90. The third-order valence-electron chi connectivity index (χ3n) is 4.65. The monoisotopic (exact) mass is 292 g/mol. The van der Waals surface area contributed by atoms with Gasteiger partial charge in [-0.3, -0.25) is 4.90 Å². The van der Waals surface area contributed by atoms with E-state index in [0.717, 1.165) is 24.0 Å². The molecule has 1 unspecified atom stereocenters. The van der Waals surface area contributed by atoms with Crippen molar-refractivity contribution in [1.82, 2.24) is 10.2 Å². The van der Waals surface area contributed by atoms with Gasteiger partial charge in [0, 0.05) is 12.6 Å². The molecule has 1 fully saturated rings. The Morgan fingerprint density at radius 1 is 1.19 bits per heavy atom. The highest BCUT2D eigenvalue weighted by Crippen LogP contribution is 2.29. The predicted molar refractivity (Wildman–Crippen MR) is 86.1 cm³/mol. The third-order valence-corrected chi connectivity index (χ3v) is 4.65. The highest BCUT2D eigenvalue weighted by molar-refractivity contribution is 5.42. The largest absolute Gasteiger partial charge is 0.493 e. The minimum Gasteiger partial charge on any atom is -0.493 e. The Kier molecular flexibility index (Phi) is 5.88. The predicted octanol–water partition coefficient (Wildman–Crippen LogP) is 2.52. The molecule has 0 amide bonds. The second-order valence-electron chi connectivity index (χ2n) is 5.88. The van der Waals surface area contributed by atoms with Gasteiger partial charge in [-0.2, -0.15) is 0 Å². The standard InChI is InChI=1S/C17H28N2O2/c1-13(18-2)15-7-9-19(10-8-15)12-14-5-6-16(20-3)17(11-14)21-4/h5-6,11,13,15,18H,7-10,12H2,1-4H3. The van der Waals surface area contributed by atoms with Crippen LogP contribution in [0.5, 0.6) is 11.5 Å². The van der Waals surface area contributed by atoms with Gasteiger partial charge >= 0.3 is 0 Å². The van der Waals surface area contributed by atoms with E-state index in [1.807, 2.05) is 6.07 Å². The van der Waals surface area contributed by atoms with E-state index < -0.39 is 0 Å². The molecule has 0 saturated carbocycles. The summed E-state index contributed by atoms with van der Waals surface area (Å²) in [6, 6.07) is 6.82. The molecule has 0 bridgehead atoms. The van der Waals surface area contributed by atoms with Crippen LogP contribution in [0.15, 0.2) is 18.2 Å². The molecule has 21 heavy (non-hydrogen) atoms. The maximum absolute atomic E-state index is 5.38. The zero-order chi connectivity index (χ0) is 15.2. The number of rotatable bonds is 6. The summed E-state index contributed by atoms with van der Waals surface area (Å²) >= 11 is 0. The maximum atomic E-state index is 5.38. The van der Waals surface area contributed by atoms with Crippen molar-refractivity contribution >= 4 is 0 Å². The zero-order valence-electron chi connectivity index (χ0n) is 13.7. The van der Waals surface area contributed by atoms with Gasteiger partial charge < -0.3 is 14.8 Å². The van der Waals surface area contributed by atoms with E-state index in [1.54, 1.807) is 14.2 Å². The summed E-state index contributed by atoms with van der Waals surface area (Å²) in [4.78, 5) is 2.53. The Hall–Kier alpha value is -1.26. The summed E-state index contributed by atoms with van der Waals surface area (Å²) < 4.78 is 10.7. The van der Waals surface area contributed by atoms with Gasteiger partial charge in [0.2, 0.25) is 0 Å². The number of likely N-dealkylation sites (tertiary alicyclic amines) is 1. The molecule has 0 spiro atoms. The summed E-state index contributed by atoms with van der Waals surface area (Å²) in [5.74, 6) is 2.41. The SMILES string of the molecule is CNC(C)C1CCN(Cc2ccc(OC)c(OC)c2)CC1. The number of piperidine rings is 1. The molecule has 118 valence electrons. The van der Waals surface area contributed by atoms with E-state index in [-0.39, 0.29) is 0 Å². The van der Waals surface area contributed by atoms with Crippen LogP contribution in [-0.2, 0) is 6.54 Å². The van der Waals surface area contributed by atoms with Crippen molar-refractivity contribution in [3.63, 3.8) is 0 Å². The number of nitrogens with zero attached hydrogens (tertiary/aromatic N) is 1. The quantitative estimate of drug-likeness (QED) is 0.873. The Morgan fingerprint density at radius 2 is 1.86 bits per heavy atom. The third kappa shape index (κ3) is 4.11. The van der Waals surface area contributed by atoms with E-state index in [0.29, 0.717) is 6.04 Å². The smallest absolute Gasteiger partial charge is 0.161 e. The molecule has 0 radical (unpaired) electrons. The summed E-state index contributed by atoms with van der Waals surface area (Å²) in [7, 11) is 5.41. The minimum absolute atomic E-state index is 0.619. The molecule has 1 aliphatic heterocycles. The molecule has 2 rings (SSSR count). The van der Waals surface area contributed by atoms with Gasteiger partial charge in [0.15, 0.2) is 11.5 Å². The van der Waals surface area contributed by atoms with Crippen LogP contribution in [0.1, 0.15) is 25.3 Å². The fourth-order valence-electron chi connectivity index (χ4n) is 3.08. The average molecular weight is 292 g/mol. The lowest BCUT2D eigenvalue weighted by Gasteiger charge is -2.34. The lowest BCUT2D eigenvalue weighted by Crippen LogP contribution is -2.40. The number of ether oxygens (including phenoxy) is 2. The van der Waals surface area contributed by atoms with Crippen molar-refractivity contribution in [2.75, 3.05) is 34.4 Å². The molecule has 1 N–H and O–H groups in total. The van der Waals surface area contributed by atoms with Crippen LogP contribution in [0.4, 0.5) is 0 Å². The lowest BCUT2D eigenvalue weighted by molar-refractivity contribution is 0.158. The number of benzene rings is 1. The normalized spacial score (nSPS) is 18.5. The average Bonchev–Trinajstić information content (AvgIpc) is 2.54. The summed E-state index contributed by atoms with van der Waals surface area (Å²) in [6.45, 7) is 5.62. The van der Waals surface area contributed by atoms with Crippen molar-refractivity contribution in [3.05, 3.63) is 23.8 Å². The van der Waals surface area contributed by atoms with Gasteiger partial charge in [-0.05, 0) is 63.5 Å². The maximum Gasteiger partial charge on any atom is 0.161 e. The van der Waals surface area contributed by atoms with Gasteiger partial charge in [0.1, 0.15) is 0 Å². The summed E-state index contributed by atoms with van der Waals surface area (Å²) in [5.41, 5.74) is 1.28. The minimum atomic E-state index is 0.619. The van der Waals surface area contributed by atoms with E-state index in [1.165, 1.54) is 31.5 Å². The van der Waals surface area contributed by atoms with Gasteiger partial charge in [0.25, 0.3) is 0 Å². The van der Waals surface area contributed by atoms with Crippen molar-refractivity contribution in [1.29, 1.82) is 0 Å². The Morgan fingerprint density at radius 3 is 2.43 bits per heavy atom. The molecule has 1 aliphatic rings. The van der Waals surface area contributed by atoms with Gasteiger partial charge in [0.05, 0.1) is 14.2 Å². The first-order valence-corrected chi connectivity index (χ1v) is 7.78. The van der Waals surface area contributed by atoms with E-state index in [9.17, 15) is 0 Å². The van der Waals surface area contributed by atoms with E-state index in [4.69, 9.17) is 9.47 Å². The first-order chi connectivity index (χ1) is 10.2. The zero-order valence-corrected chi connectivity index (χ0v) is 13.7. The van der Waals surface area contributed by atoms with Crippen molar-refractivity contribution < 1.29 is 9.47 Å². The second-order valence-corrected chi connectivity index (χ2v) is 5.88. The van der Waals surface area contributed by atoms with E-state index in [2.05, 4.69) is 36.3 Å². The Balaban J connectivity index is 1.91. The topological polar surface area (TPSA) is 33.7 Å². The van der Waals surface area contributed by atoms with Crippen LogP contribution in [0.25, 0.3) is 0 Å². The Labute approximate surface area is 128 Å². The Bertz CT molecular complexity index is 442. The van der Waals surface area contributed by atoms with Gasteiger partial charge in [-0.15, -0.1) is 0 Å². The van der Waals surface area contributed by atoms with Crippen LogP contribution < -0.4 is 14.8 Å². The van der Waals surface area contributed by atoms with Crippen LogP contribution >= 0.6 is 0 Å². The molecular formula is C17H28N2O2. The molecular weight excluding hydrogens is 264 g/mol. The van der Waals surface area contributed by atoms with Gasteiger partial charge in [-0.1, -0.05) is 6.07 Å². The first-order valence-electron chi connectivity index (χ1n) is 7.78. The summed E-state index contributed by atoms with van der Waals surface area (Å²) in [5, 5.41) is 3.38.